The van der Waals surface area contributed by atoms with Gasteiger partial charge >= 0.3 is 12.3 Å². The molecule has 1 atom stereocenters. The second kappa shape index (κ2) is 8.36. The Morgan fingerprint density at radius 3 is 2.39 bits per heavy atom. The summed E-state index contributed by atoms with van der Waals surface area (Å²) in [6.45, 7) is 2.72. The van der Waals surface area contributed by atoms with E-state index in [1.165, 1.54) is 12.1 Å². The van der Waals surface area contributed by atoms with Crippen LogP contribution >= 0.6 is 0 Å². The van der Waals surface area contributed by atoms with E-state index in [1.54, 1.807) is 6.92 Å². The minimum Gasteiger partial charge on any atom is -0.487 e. The van der Waals surface area contributed by atoms with Gasteiger partial charge in [0, 0.05) is 5.69 Å². The fourth-order valence-electron chi connectivity index (χ4n) is 2.90. The first-order valence-electron chi connectivity index (χ1n) is 9.47. The molecule has 0 spiro atoms. The van der Waals surface area contributed by atoms with E-state index in [0.717, 1.165) is 16.4 Å². The van der Waals surface area contributed by atoms with Crippen molar-refractivity contribution < 1.29 is 44.6 Å². The van der Waals surface area contributed by atoms with E-state index in [4.69, 9.17) is 4.74 Å². The SMILES string of the molecule is C[C@H]1CN(S(=O)(=O)c2ccc(F)c(F)c2)c2cc(NC(=O)OC(C)(C)C(F)(F)F)ccc2O1. The largest absolute Gasteiger partial charge is 0.487 e. The van der Waals surface area contributed by atoms with Crippen molar-refractivity contribution in [3.63, 3.8) is 0 Å². The first-order chi connectivity index (χ1) is 15.1. The second-order valence-corrected chi connectivity index (χ2v) is 9.61. The first kappa shape index (κ1) is 24.6. The predicted molar refractivity (Wildman–Crippen MR) is 108 cm³/mol. The van der Waals surface area contributed by atoms with Gasteiger partial charge in [-0.15, -0.1) is 0 Å². The average Bonchev–Trinajstić information content (AvgIpc) is 2.68. The van der Waals surface area contributed by atoms with Crippen molar-refractivity contribution in [1.82, 2.24) is 0 Å². The molecule has 1 aliphatic rings. The molecule has 1 aliphatic heterocycles. The van der Waals surface area contributed by atoms with Crippen molar-refractivity contribution in [2.75, 3.05) is 16.2 Å². The fourth-order valence-corrected chi connectivity index (χ4v) is 4.46. The topological polar surface area (TPSA) is 84.9 Å². The van der Waals surface area contributed by atoms with Crippen LogP contribution in [0, 0.1) is 11.6 Å². The van der Waals surface area contributed by atoms with Crippen molar-refractivity contribution in [2.45, 2.75) is 43.5 Å². The number of carbonyl (C=O) groups excluding carboxylic acids is 1. The minimum atomic E-state index is -4.82. The number of anilines is 2. The summed E-state index contributed by atoms with van der Waals surface area (Å²) in [5, 5.41) is 2.11. The number of nitrogens with zero attached hydrogens (tertiary/aromatic N) is 1. The number of carbonyl (C=O) groups is 1. The van der Waals surface area contributed by atoms with Crippen molar-refractivity contribution in [2.24, 2.45) is 0 Å². The molecule has 0 aromatic heterocycles. The maximum atomic E-state index is 13.7. The highest BCUT2D eigenvalue weighted by atomic mass is 32.2. The number of fused-ring (bicyclic) bond motifs is 1. The van der Waals surface area contributed by atoms with Gasteiger partial charge in [0.1, 0.15) is 11.9 Å². The zero-order chi connectivity index (χ0) is 24.8. The monoisotopic (exact) mass is 494 g/mol. The number of amides is 1. The van der Waals surface area contributed by atoms with Gasteiger partial charge in [0.05, 0.1) is 17.1 Å². The maximum absolute atomic E-state index is 13.7. The van der Waals surface area contributed by atoms with E-state index in [1.807, 2.05) is 0 Å². The molecule has 1 amide bonds. The van der Waals surface area contributed by atoms with E-state index in [0.29, 0.717) is 26.0 Å². The van der Waals surface area contributed by atoms with E-state index in [9.17, 15) is 35.2 Å². The molecule has 0 fully saturated rings. The van der Waals surface area contributed by atoms with Crippen LogP contribution in [0.1, 0.15) is 20.8 Å². The molecule has 33 heavy (non-hydrogen) atoms. The lowest BCUT2D eigenvalue weighted by atomic mass is 10.1. The average molecular weight is 494 g/mol. The lowest BCUT2D eigenvalue weighted by Crippen LogP contribution is -2.44. The van der Waals surface area contributed by atoms with Crippen LogP contribution in [0.5, 0.6) is 5.75 Å². The Hall–Kier alpha value is -3.09. The third kappa shape index (κ3) is 4.97. The fraction of sp³-hybridized carbons (Fsp3) is 0.350. The molecule has 0 radical (unpaired) electrons. The van der Waals surface area contributed by atoms with Gasteiger partial charge < -0.3 is 9.47 Å². The molecule has 0 bridgehead atoms. The van der Waals surface area contributed by atoms with Crippen molar-refractivity contribution in [3.05, 3.63) is 48.0 Å². The molecule has 1 N–H and O–H groups in total. The molecule has 0 aliphatic carbocycles. The van der Waals surface area contributed by atoms with Gasteiger partial charge in [0.25, 0.3) is 10.0 Å². The first-order valence-corrected chi connectivity index (χ1v) is 10.9. The Morgan fingerprint density at radius 2 is 1.79 bits per heavy atom. The van der Waals surface area contributed by atoms with Crippen molar-refractivity contribution >= 4 is 27.5 Å². The van der Waals surface area contributed by atoms with Gasteiger partial charge in [-0.05, 0) is 57.2 Å². The number of hydrogen-bond acceptors (Lipinski definition) is 5. The van der Waals surface area contributed by atoms with Crippen LogP contribution < -0.4 is 14.4 Å². The Labute approximate surface area is 186 Å². The van der Waals surface area contributed by atoms with Crippen molar-refractivity contribution in [3.8, 4) is 5.75 Å². The number of rotatable bonds is 4. The Bertz CT molecular complexity index is 1180. The normalized spacial score (nSPS) is 16.6. The summed E-state index contributed by atoms with van der Waals surface area (Å²) >= 11 is 0. The number of alkyl halides is 3. The van der Waals surface area contributed by atoms with Crippen molar-refractivity contribution in [1.29, 1.82) is 0 Å². The molecule has 2 aromatic rings. The Morgan fingerprint density at radius 1 is 1.12 bits per heavy atom. The minimum absolute atomic E-state index is 0.0642. The highest BCUT2D eigenvalue weighted by Crippen LogP contribution is 2.39. The molecule has 0 saturated heterocycles. The third-order valence-electron chi connectivity index (χ3n) is 4.73. The molecular weight excluding hydrogens is 475 g/mol. The van der Waals surface area contributed by atoms with E-state index < -0.39 is 50.5 Å². The molecule has 180 valence electrons. The summed E-state index contributed by atoms with van der Waals surface area (Å²) in [5.41, 5.74) is -2.92. The zero-order valence-electron chi connectivity index (χ0n) is 17.5. The summed E-state index contributed by atoms with van der Waals surface area (Å²) in [6.07, 6.45) is -6.86. The number of benzene rings is 2. The number of hydrogen-bond donors (Lipinski definition) is 1. The van der Waals surface area contributed by atoms with Crippen LogP contribution in [-0.2, 0) is 14.8 Å². The summed E-state index contributed by atoms with van der Waals surface area (Å²) in [7, 11) is -4.39. The van der Waals surface area contributed by atoms with E-state index in [2.05, 4.69) is 10.1 Å². The van der Waals surface area contributed by atoms with Crippen LogP contribution in [0.4, 0.5) is 38.1 Å². The summed E-state index contributed by atoms with van der Waals surface area (Å²) < 4.78 is 103. The van der Waals surface area contributed by atoms with Gasteiger partial charge in [0.2, 0.25) is 5.60 Å². The van der Waals surface area contributed by atoms with E-state index in [-0.39, 0.29) is 23.7 Å². The maximum Gasteiger partial charge on any atom is 0.427 e. The van der Waals surface area contributed by atoms with Crippen LogP contribution in [0.25, 0.3) is 0 Å². The molecule has 3 rings (SSSR count). The molecule has 0 unspecified atom stereocenters. The lowest BCUT2D eigenvalue weighted by Gasteiger charge is -2.34. The molecular formula is C20H19F5N2O5S. The van der Waals surface area contributed by atoms with Gasteiger partial charge in [-0.1, -0.05) is 0 Å². The standard InChI is InChI=1S/C20H19F5N2O5S/c1-11-10-27(33(29,30)13-5-6-14(21)15(22)9-13)16-8-12(4-7-17(16)31-11)26-18(28)32-19(2,3)20(23,24)25/h4-9,11H,10H2,1-3H3,(H,26,28)/t11-/m0/s1. The molecule has 1 heterocycles. The zero-order valence-corrected chi connectivity index (χ0v) is 18.4. The van der Waals surface area contributed by atoms with Gasteiger partial charge in [-0.3, -0.25) is 9.62 Å². The second-order valence-electron chi connectivity index (χ2n) is 7.75. The predicted octanol–water partition coefficient (Wildman–Crippen LogP) is 4.83. The number of halogens is 5. The number of sulfonamides is 1. The van der Waals surface area contributed by atoms with Crippen LogP contribution in [0.15, 0.2) is 41.3 Å². The molecule has 2 aromatic carbocycles. The summed E-state index contributed by atoms with van der Waals surface area (Å²) in [5.74, 6) is -2.49. The van der Waals surface area contributed by atoms with Crippen LogP contribution in [-0.4, -0.2) is 38.9 Å². The summed E-state index contributed by atoms with van der Waals surface area (Å²) in [4.78, 5) is 11.5. The van der Waals surface area contributed by atoms with Gasteiger partial charge in [-0.2, -0.15) is 13.2 Å². The number of nitrogens with one attached hydrogen (secondary N) is 1. The highest BCUT2D eigenvalue weighted by Gasteiger charge is 2.51. The third-order valence-corrected chi connectivity index (χ3v) is 6.51. The Balaban J connectivity index is 1.94. The lowest BCUT2D eigenvalue weighted by molar-refractivity contribution is -0.242. The number of ether oxygens (including phenoxy) is 2. The molecule has 7 nitrogen and oxygen atoms in total. The van der Waals surface area contributed by atoms with Gasteiger partial charge in [-0.25, -0.2) is 22.0 Å². The quantitative estimate of drug-likeness (QED) is 0.616. The summed E-state index contributed by atoms with van der Waals surface area (Å²) in [6, 6.07) is 5.84. The molecule has 0 saturated carbocycles. The van der Waals surface area contributed by atoms with Crippen LogP contribution in [0.2, 0.25) is 0 Å². The van der Waals surface area contributed by atoms with Crippen LogP contribution in [0.3, 0.4) is 0 Å². The smallest absolute Gasteiger partial charge is 0.427 e. The highest BCUT2D eigenvalue weighted by molar-refractivity contribution is 7.92. The molecule has 13 heteroatoms. The Kier molecular flexibility index (Phi) is 6.22. The van der Waals surface area contributed by atoms with E-state index >= 15 is 0 Å². The van der Waals surface area contributed by atoms with Gasteiger partial charge in [0.15, 0.2) is 11.6 Å².